The predicted octanol–water partition coefficient (Wildman–Crippen LogP) is 5.00. The van der Waals surface area contributed by atoms with Gasteiger partial charge in [-0.05, 0) is 25.0 Å². The molecule has 0 saturated carbocycles. The predicted molar refractivity (Wildman–Crippen MR) is 87.6 cm³/mol. The summed E-state index contributed by atoms with van der Waals surface area (Å²) in [6.07, 6.45) is 2.00. The second-order valence-corrected chi connectivity index (χ2v) is 6.31. The summed E-state index contributed by atoms with van der Waals surface area (Å²) in [7, 11) is 0. The number of nitrogens with one attached hydrogen (secondary N) is 1. The van der Waals surface area contributed by atoms with E-state index >= 15 is 0 Å². The first kappa shape index (κ1) is 16.2. The molecule has 2 aromatic rings. The van der Waals surface area contributed by atoms with Crippen molar-refractivity contribution < 1.29 is 4.79 Å². The van der Waals surface area contributed by atoms with Gasteiger partial charge in [-0.3, -0.25) is 10.1 Å². The van der Waals surface area contributed by atoms with Crippen LogP contribution in [0, 0.1) is 0 Å². The van der Waals surface area contributed by atoms with Gasteiger partial charge in [-0.15, -0.1) is 10.2 Å². The lowest BCUT2D eigenvalue weighted by molar-refractivity contribution is 0.102. The average Bonchev–Trinajstić information content (AvgIpc) is 2.91. The number of amides is 1. The topological polar surface area (TPSA) is 54.9 Å². The Kier molecular flexibility index (Phi) is 5.56. The van der Waals surface area contributed by atoms with E-state index in [9.17, 15) is 4.79 Å². The zero-order valence-electron chi connectivity index (χ0n) is 11.7. The van der Waals surface area contributed by atoms with E-state index in [1.807, 2.05) is 0 Å². The normalized spacial score (nSPS) is 10.9. The Balaban J connectivity index is 2.15. The molecule has 0 bridgehead atoms. The monoisotopic (exact) mass is 343 g/mol. The van der Waals surface area contributed by atoms with Crippen molar-refractivity contribution in [1.82, 2.24) is 10.2 Å². The number of benzene rings is 1. The van der Waals surface area contributed by atoms with Crippen LogP contribution in [0.4, 0.5) is 5.13 Å². The third kappa shape index (κ3) is 3.73. The first-order chi connectivity index (χ1) is 10.1. The molecule has 0 radical (unpaired) electrons. The van der Waals surface area contributed by atoms with E-state index in [1.165, 1.54) is 11.3 Å². The van der Waals surface area contributed by atoms with Crippen molar-refractivity contribution in [2.45, 2.75) is 32.6 Å². The molecule has 0 fully saturated rings. The molecule has 1 aromatic carbocycles. The van der Waals surface area contributed by atoms with Crippen LogP contribution in [0.1, 0.15) is 48.0 Å². The Labute approximate surface area is 137 Å². The third-order valence-corrected chi connectivity index (χ3v) is 5.01. The van der Waals surface area contributed by atoms with Crippen LogP contribution in [0.25, 0.3) is 0 Å². The summed E-state index contributed by atoms with van der Waals surface area (Å²) in [6.45, 7) is 4.22. The second kappa shape index (κ2) is 7.20. The van der Waals surface area contributed by atoms with Gasteiger partial charge in [0, 0.05) is 5.92 Å². The van der Waals surface area contributed by atoms with E-state index in [0.29, 0.717) is 21.6 Å². The number of anilines is 1. The van der Waals surface area contributed by atoms with E-state index in [4.69, 9.17) is 23.2 Å². The number of rotatable bonds is 5. The maximum Gasteiger partial charge on any atom is 0.259 e. The third-order valence-electron chi connectivity index (χ3n) is 3.19. The van der Waals surface area contributed by atoms with Gasteiger partial charge in [-0.1, -0.05) is 54.5 Å². The van der Waals surface area contributed by atoms with Gasteiger partial charge in [0.15, 0.2) is 0 Å². The van der Waals surface area contributed by atoms with Crippen molar-refractivity contribution in [2.75, 3.05) is 5.32 Å². The van der Waals surface area contributed by atoms with Crippen molar-refractivity contribution in [2.24, 2.45) is 0 Å². The molecule has 1 heterocycles. The van der Waals surface area contributed by atoms with Crippen LogP contribution in [0.2, 0.25) is 10.0 Å². The summed E-state index contributed by atoms with van der Waals surface area (Å²) >= 11 is 13.3. The van der Waals surface area contributed by atoms with Gasteiger partial charge in [-0.2, -0.15) is 0 Å². The largest absolute Gasteiger partial charge is 0.296 e. The standard InChI is InChI=1S/C14H15Cl2N3OS/c1-3-8(4-2)13-18-19-14(21-13)17-12(20)9-6-5-7-10(15)11(9)16/h5-8H,3-4H2,1-2H3,(H,17,19,20). The van der Waals surface area contributed by atoms with Gasteiger partial charge in [0.1, 0.15) is 5.01 Å². The molecule has 0 saturated heterocycles. The highest BCUT2D eigenvalue weighted by Gasteiger charge is 2.17. The Morgan fingerprint density at radius 2 is 2.00 bits per heavy atom. The Morgan fingerprint density at radius 3 is 2.67 bits per heavy atom. The van der Waals surface area contributed by atoms with Gasteiger partial charge in [-0.25, -0.2) is 0 Å². The van der Waals surface area contributed by atoms with Crippen LogP contribution in [0.15, 0.2) is 18.2 Å². The summed E-state index contributed by atoms with van der Waals surface area (Å²) in [5.74, 6) is 0.0395. The quantitative estimate of drug-likeness (QED) is 0.830. The SMILES string of the molecule is CCC(CC)c1nnc(NC(=O)c2cccc(Cl)c2Cl)s1. The molecule has 0 spiro atoms. The maximum absolute atomic E-state index is 12.2. The Hall–Kier alpha value is -1.17. The fourth-order valence-electron chi connectivity index (χ4n) is 1.93. The molecule has 0 atom stereocenters. The van der Waals surface area contributed by atoms with Crippen LogP contribution in [-0.2, 0) is 0 Å². The number of hydrogen-bond donors (Lipinski definition) is 1. The maximum atomic E-state index is 12.2. The van der Waals surface area contributed by atoms with Gasteiger partial charge in [0.2, 0.25) is 5.13 Å². The number of hydrogen-bond acceptors (Lipinski definition) is 4. The molecular weight excluding hydrogens is 329 g/mol. The lowest BCUT2D eigenvalue weighted by atomic mass is 10.1. The lowest BCUT2D eigenvalue weighted by Gasteiger charge is -2.06. The molecule has 0 aliphatic heterocycles. The Bertz CT molecular complexity index is 641. The summed E-state index contributed by atoms with van der Waals surface area (Å²) < 4.78 is 0. The van der Waals surface area contributed by atoms with Crippen LogP contribution in [0.5, 0.6) is 0 Å². The van der Waals surface area contributed by atoms with Gasteiger partial charge >= 0.3 is 0 Å². The van der Waals surface area contributed by atoms with Crippen molar-refractivity contribution >= 4 is 45.6 Å². The van der Waals surface area contributed by atoms with Crippen molar-refractivity contribution in [3.05, 3.63) is 38.8 Å². The van der Waals surface area contributed by atoms with Gasteiger partial charge < -0.3 is 0 Å². The van der Waals surface area contributed by atoms with Gasteiger partial charge in [0.25, 0.3) is 5.91 Å². The fourth-order valence-corrected chi connectivity index (χ4v) is 3.32. The number of nitrogens with zero attached hydrogens (tertiary/aromatic N) is 2. The van der Waals surface area contributed by atoms with Crippen molar-refractivity contribution in [1.29, 1.82) is 0 Å². The Morgan fingerprint density at radius 1 is 1.29 bits per heavy atom. The summed E-state index contributed by atoms with van der Waals surface area (Å²) in [5.41, 5.74) is 0.323. The van der Waals surface area contributed by atoms with Gasteiger partial charge in [0.05, 0.1) is 15.6 Å². The van der Waals surface area contributed by atoms with Crippen LogP contribution in [-0.4, -0.2) is 16.1 Å². The molecule has 0 aliphatic carbocycles. The van der Waals surface area contributed by atoms with E-state index in [0.717, 1.165) is 17.8 Å². The van der Waals surface area contributed by atoms with Crippen LogP contribution >= 0.6 is 34.5 Å². The van der Waals surface area contributed by atoms with Crippen molar-refractivity contribution in [3.8, 4) is 0 Å². The molecule has 1 amide bonds. The van der Waals surface area contributed by atoms with E-state index in [1.54, 1.807) is 18.2 Å². The summed E-state index contributed by atoms with van der Waals surface area (Å²) in [5, 5.41) is 12.9. The zero-order chi connectivity index (χ0) is 15.4. The minimum Gasteiger partial charge on any atom is -0.296 e. The molecule has 1 aromatic heterocycles. The highest BCUT2D eigenvalue weighted by Crippen LogP contribution is 2.29. The molecule has 0 aliphatic rings. The molecule has 4 nitrogen and oxygen atoms in total. The highest BCUT2D eigenvalue weighted by atomic mass is 35.5. The summed E-state index contributed by atoms with van der Waals surface area (Å²) in [4.78, 5) is 12.2. The molecule has 2 rings (SSSR count). The van der Waals surface area contributed by atoms with E-state index < -0.39 is 0 Å². The first-order valence-corrected chi connectivity index (χ1v) is 8.22. The van der Waals surface area contributed by atoms with Crippen LogP contribution in [0.3, 0.4) is 0 Å². The number of carbonyl (C=O) groups is 1. The highest BCUT2D eigenvalue weighted by molar-refractivity contribution is 7.15. The lowest BCUT2D eigenvalue weighted by Crippen LogP contribution is -2.12. The first-order valence-electron chi connectivity index (χ1n) is 6.65. The molecule has 1 N–H and O–H groups in total. The number of aromatic nitrogens is 2. The molecule has 0 unspecified atom stereocenters. The zero-order valence-corrected chi connectivity index (χ0v) is 14.0. The minimum atomic E-state index is -0.338. The molecular formula is C14H15Cl2N3OS. The molecule has 112 valence electrons. The molecule has 21 heavy (non-hydrogen) atoms. The second-order valence-electron chi connectivity index (χ2n) is 4.51. The van der Waals surface area contributed by atoms with E-state index in [-0.39, 0.29) is 10.9 Å². The van der Waals surface area contributed by atoms with Crippen molar-refractivity contribution in [3.63, 3.8) is 0 Å². The minimum absolute atomic E-state index is 0.237. The fraction of sp³-hybridized carbons (Fsp3) is 0.357. The number of halogens is 2. The number of carbonyl (C=O) groups excluding carboxylic acids is 1. The molecule has 7 heteroatoms. The smallest absolute Gasteiger partial charge is 0.259 e. The summed E-state index contributed by atoms with van der Waals surface area (Å²) in [6, 6.07) is 4.93. The van der Waals surface area contributed by atoms with Crippen LogP contribution < -0.4 is 5.32 Å². The van der Waals surface area contributed by atoms with E-state index in [2.05, 4.69) is 29.4 Å². The average molecular weight is 344 g/mol.